The van der Waals surface area contributed by atoms with Crippen LogP contribution in [0.1, 0.15) is 6.92 Å². The summed E-state index contributed by atoms with van der Waals surface area (Å²) in [7, 11) is 0. The molecule has 4 nitrogen and oxygen atoms in total. The number of rotatable bonds is 4. The Morgan fingerprint density at radius 2 is 2.00 bits per heavy atom. The SMILES string of the molecule is CC(=O)NCCNc1nc(F)c(F)cc1F. The number of nitrogens with zero attached hydrogens (tertiary/aromatic N) is 1. The molecule has 0 spiro atoms. The molecule has 1 aromatic heterocycles. The second-order valence-corrected chi connectivity index (χ2v) is 3.00. The Morgan fingerprint density at radius 1 is 1.31 bits per heavy atom. The third-order valence-electron chi connectivity index (χ3n) is 1.68. The van der Waals surface area contributed by atoms with E-state index >= 15 is 0 Å². The molecule has 0 saturated carbocycles. The Morgan fingerprint density at radius 3 is 2.62 bits per heavy atom. The molecule has 0 aliphatic rings. The average Bonchev–Trinajstić information content (AvgIpc) is 2.19. The van der Waals surface area contributed by atoms with Crippen molar-refractivity contribution in [3.05, 3.63) is 23.6 Å². The van der Waals surface area contributed by atoms with Gasteiger partial charge < -0.3 is 10.6 Å². The highest BCUT2D eigenvalue weighted by Crippen LogP contribution is 2.13. The second kappa shape index (κ2) is 5.34. The molecule has 0 fully saturated rings. The average molecular weight is 233 g/mol. The van der Waals surface area contributed by atoms with E-state index in [1.54, 1.807) is 0 Å². The van der Waals surface area contributed by atoms with Gasteiger partial charge in [-0.15, -0.1) is 0 Å². The molecule has 1 heterocycles. The van der Waals surface area contributed by atoms with Gasteiger partial charge in [-0.3, -0.25) is 4.79 Å². The van der Waals surface area contributed by atoms with Crippen molar-refractivity contribution < 1.29 is 18.0 Å². The summed E-state index contributed by atoms with van der Waals surface area (Å²) in [6.45, 7) is 1.72. The lowest BCUT2D eigenvalue weighted by Crippen LogP contribution is -2.26. The van der Waals surface area contributed by atoms with Gasteiger partial charge in [0.2, 0.25) is 5.91 Å². The molecule has 88 valence electrons. The van der Waals surface area contributed by atoms with E-state index < -0.39 is 17.6 Å². The lowest BCUT2D eigenvalue weighted by Gasteiger charge is -2.07. The fourth-order valence-electron chi connectivity index (χ4n) is 0.988. The summed E-state index contributed by atoms with van der Waals surface area (Å²) in [5.74, 6) is -4.32. The van der Waals surface area contributed by atoms with E-state index in [-0.39, 0.29) is 24.8 Å². The smallest absolute Gasteiger partial charge is 0.251 e. The number of nitrogens with one attached hydrogen (secondary N) is 2. The summed E-state index contributed by atoms with van der Waals surface area (Å²) >= 11 is 0. The zero-order valence-electron chi connectivity index (χ0n) is 8.48. The summed E-state index contributed by atoms with van der Waals surface area (Å²) in [4.78, 5) is 13.5. The van der Waals surface area contributed by atoms with Crippen LogP contribution in [0.15, 0.2) is 6.07 Å². The van der Waals surface area contributed by atoms with Crippen LogP contribution < -0.4 is 10.6 Å². The predicted molar refractivity (Wildman–Crippen MR) is 51.3 cm³/mol. The molecule has 7 heteroatoms. The van der Waals surface area contributed by atoms with Crippen molar-refractivity contribution in [2.75, 3.05) is 18.4 Å². The molecule has 16 heavy (non-hydrogen) atoms. The standard InChI is InChI=1S/C9H10F3N3O/c1-5(16)13-2-3-14-9-7(11)4-6(10)8(12)15-9/h4H,2-3H2,1H3,(H,13,16)(H,14,15). The maximum atomic E-state index is 13.0. The molecule has 1 rings (SSSR count). The first-order valence-electron chi connectivity index (χ1n) is 4.50. The second-order valence-electron chi connectivity index (χ2n) is 3.00. The van der Waals surface area contributed by atoms with Gasteiger partial charge in [0.05, 0.1) is 0 Å². The number of halogens is 3. The van der Waals surface area contributed by atoms with Gasteiger partial charge in [0.25, 0.3) is 5.95 Å². The Balaban J connectivity index is 2.54. The first-order chi connectivity index (χ1) is 7.50. The number of carbonyl (C=O) groups is 1. The van der Waals surface area contributed by atoms with Crippen molar-refractivity contribution in [2.45, 2.75) is 6.92 Å². The van der Waals surface area contributed by atoms with Gasteiger partial charge in [-0.05, 0) is 0 Å². The van der Waals surface area contributed by atoms with E-state index in [0.717, 1.165) is 0 Å². The Hall–Kier alpha value is -1.79. The first kappa shape index (κ1) is 12.3. The van der Waals surface area contributed by atoms with Crippen LogP contribution in [0.5, 0.6) is 0 Å². The van der Waals surface area contributed by atoms with Gasteiger partial charge in [0.1, 0.15) is 0 Å². The molecule has 1 aromatic rings. The summed E-state index contributed by atoms with van der Waals surface area (Å²) in [5.41, 5.74) is 0. The number of hydrogen-bond acceptors (Lipinski definition) is 3. The predicted octanol–water partition coefficient (Wildman–Crippen LogP) is 1.05. The third kappa shape index (κ3) is 3.41. The third-order valence-corrected chi connectivity index (χ3v) is 1.68. The van der Waals surface area contributed by atoms with Crippen LogP contribution in [0.25, 0.3) is 0 Å². The van der Waals surface area contributed by atoms with Crippen molar-refractivity contribution in [3.8, 4) is 0 Å². The minimum atomic E-state index is -1.37. The molecule has 2 N–H and O–H groups in total. The quantitative estimate of drug-likeness (QED) is 0.603. The van der Waals surface area contributed by atoms with Gasteiger partial charge in [0, 0.05) is 26.1 Å². The van der Waals surface area contributed by atoms with Gasteiger partial charge in [-0.2, -0.15) is 9.37 Å². The van der Waals surface area contributed by atoms with Gasteiger partial charge >= 0.3 is 0 Å². The van der Waals surface area contributed by atoms with Crippen molar-refractivity contribution in [1.82, 2.24) is 10.3 Å². The van der Waals surface area contributed by atoms with E-state index in [4.69, 9.17) is 0 Å². The molecular weight excluding hydrogens is 223 g/mol. The van der Waals surface area contributed by atoms with Crippen molar-refractivity contribution in [1.29, 1.82) is 0 Å². The monoisotopic (exact) mass is 233 g/mol. The Kier molecular flexibility index (Phi) is 4.10. The highest BCUT2D eigenvalue weighted by Gasteiger charge is 2.10. The van der Waals surface area contributed by atoms with Crippen LogP contribution in [0.3, 0.4) is 0 Å². The fraction of sp³-hybridized carbons (Fsp3) is 0.333. The molecule has 0 saturated heterocycles. The van der Waals surface area contributed by atoms with Crippen LogP contribution in [-0.4, -0.2) is 24.0 Å². The molecule has 0 aliphatic carbocycles. The van der Waals surface area contributed by atoms with Gasteiger partial charge in [0.15, 0.2) is 17.5 Å². The largest absolute Gasteiger partial charge is 0.366 e. The van der Waals surface area contributed by atoms with Crippen molar-refractivity contribution in [3.63, 3.8) is 0 Å². The fourth-order valence-corrected chi connectivity index (χ4v) is 0.988. The summed E-state index contributed by atoms with van der Waals surface area (Å²) in [5, 5.41) is 4.87. The molecule has 0 aliphatic heterocycles. The number of aromatic nitrogens is 1. The van der Waals surface area contributed by atoms with Gasteiger partial charge in [-0.25, -0.2) is 8.78 Å². The van der Waals surface area contributed by atoms with E-state index in [2.05, 4.69) is 15.6 Å². The highest BCUT2D eigenvalue weighted by atomic mass is 19.2. The highest BCUT2D eigenvalue weighted by molar-refractivity contribution is 5.72. The molecule has 0 radical (unpaired) electrons. The lowest BCUT2D eigenvalue weighted by atomic mass is 10.4. The van der Waals surface area contributed by atoms with Gasteiger partial charge in [-0.1, -0.05) is 0 Å². The topological polar surface area (TPSA) is 54.0 Å². The van der Waals surface area contributed by atoms with Crippen molar-refractivity contribution in [2.24, 2.45) is 0 Å². The van der Waals surface area contributed by atoms with E-state index in [1.165, 1.54) is 6.92 Å². The Bertz CT molecular complexity index is 398. The van der Waals surface area contributed by atoms with Crippen LogP contribution in [0.4, 0.5) is 19.0 Å². The zero-order chi connectivity index (χ0) is 12.1. The molecule has 0 unspecified atom stereocenters. The molecule has 0 aromatic carbocycles. The maximum Gasteiger partial charge on any atom is 0.251 e. The molecular formula is C9H10F3N3O. The number of amides is 1. The van der Waals surface area contributed by atoms with Crippen LogP contribution in [-0.2, 0) is 4.79 Å². The number of pyridine rings is 1. The van der Waals surface area contributed by atoms with E-state index in [0.29, 0.717) is 6.07 Å². The molecule has 0 atom stereocenters. The number of carbonyl (C=O) groups excluding carboxylic acids is 1. The molecule has 1 amide bonds. The van der Waals surface area contributed by atoms with Crippen LogP contribution in [0.2, 0.25) is 0 Å². The van der Waals surface area contributed by atoms with E-state index in [1.807, 2.05) is 0 Å². The zero-order valence-corrected chi connectivity index (χ0v) is 8.48. The van der Waals surface area contributed by atoms with Crippen LogP contribution in [0, 0.1) is 17.6 Å². The summed E-state index contributed by atoms with van der Waals surface area (Å²) < 4.78 is 38.1. The maximum absolute atomic E-state index is 13.0. The number of hydrogen-bond donors (Lipinski definition) is 2. The number of anilines is 1. The first-order valence-corrected chi connectivity index (χ1v) is 4.50. The van der Waals surface area contributed by atoms with Crippen LogP contribution >= 0.6 is 0 Å². The lowest BCUT2D eigenvalue weighted by molar-refractivity contribution is -0.118. The Labute approximate surface area is 89.9 Å². The minimum absolute atomic E-state index is 0.161. The van der Waals surface area contributed by atoms with Crippen molar-refractivity contribution >= 4 is 11.7 Å². The summed E-state index contributed by atoms with van der Waals surface area (Å²) in [6.07, 6.45) is 0. The van der Waals surface area contributed by atoms with E-state index in [9.17, 15) is 18.0 Å². The summed E-state index contributed by atoms with van der Waals surface area (Å²) in [6, 6.07) is 0.406. The molecule has 0 bridgehead atoms. The minimum Gasteiger partial charge on any atom is -0.366 e. The normalized spacial score (nSPS) is 10.0.